The van der Waals surface area contributed by atoms with Gasteiger partial charge in [-0.25, -0.2) is 4.98 Å². The van der Waals surface area contributed by atoms with Gasteiger partial charge in [-0.15, -0.1) is 11.3 Å². The van der Waals surface area contributed by atoms with E-state index in [9.17, 15) is 5.11 Å². The van der Waals surface area contributed by atoms with Crippen molar-refractivity contribution in [2.24, 2.45) is 0 Å². The first kappa shape index (κ1) is 12.7. The van der Waals surface area contributed by atoms with Crippen molar-refractivity contribution in [3.63, 3.8) is 0 Å². The number of aromatic nitrogens is 1. The molecule has 5 heteroatoms. The lowest BCUT2D eigenvalue weighted by Gasteiger charge is -2.06. The van der Waals surface area contributed by atoms with E-state index >= 15 is 0 Å². The zero-order valence-electron chi connectivity index (χ0n) is 10.3. The van der Waals surface area contributed by atoms with Crippen LogP contribution in [-0.2, 0) is 6.42 Å². The zero-order chi connectivity index (χ0) is 13.4. The molecule has 0 aliphatic heterocycles. The van der Waals surface area contributed by atoms with Crippen LogP contribution in [-0.4, -0.2) is 10.1 Å². The smallest absolute Gasteiger partial charge is 0.198 e. The molecule has 0 saturated heterocycles. The molecule has 1 atom stereocenters. The second-order valence-electron chi connectivity index (χ2n) is 4.39. The Hall–Kier alpha value is -1.36. The van der Waals surface area contributed by atoms with Gasteiger partial charge in [0.1, 0.15) is 5.52 Å². The van der Waals surface area contributed by atoms with Gasteiger partial charge in [-0.05, 0) is 30.0 Å². The number of hydrogen-bond acceptors (Lipinski definition) is 4. The van der Waals surface area contributed by atoms with Crippen LogP contribution in [0.2, 0.25) is 5.02 Å². The van der Waals surface area contributed by atoms with Gasteiger partial charge in [0, 0.05) is 0 Å². The second kappa shape index (κ2) is 4.96. The van der Waals surface area contributed by atoms with Crippen molar-refractivity contribution in [3.8, 4) is 0 Å². The van der Waals surface area contributed by atoms with Crippen molar-refractivity contribution < 1.29 is 9.52 Å². The van der Waals surface area contributed by atoms with Crippen LogP contribution >= 0.6 is 22.9 Å². The second-order valence-corrected chi connectivity index (χ2v) is 5.68. The number of halogens is 1. The van der Waals surface area contributed by atoms with E-state index in [1.165, 1.54) is 11.3 Å². The molecule has 1 N–H and O–H groups in total. The molecule has 2 aromatic heterocycles. The Labute approximate surface area is 119 Å². The third kappa shape index (κ3) is 2.39. The summed E-state index contributed by atoms with van der Waals surface area (Å²) in [5, 5.41) is 12.8. The molecule has 0 aliphatic rings. The number of thiophene rings is 1. The predicted molar refractivity (Wildman–Crippen MR) is 76.7 cm³/mol. The van der Waals surface area contributed by atoms with Crippen LogP contribution in [0.4, 0.5) is 0 Å². The molecule has 0 fully saturated rings. The molecular weight excluding hydrogens is 282 g/mol. The number of aliphatic hydroxyl groups excluding tert-OH is 1. The highest BCUT2D eigenvalue weighted by Gasteiger charge is 2.18. The molecule has 19 heavy (non-hydrogen) atoms. The number of nitrogens with zero attached hydrogens (tertiary/aromatic N) is 1. The standard InChI is InChI=1S/C14H12ClNO2S/c1-8-7-19-14(13(8)15)10(17)6-12-16-9-4-2-3-5-11(9)18-12/h2-5,7,10,17H,6H2,1H3. The Balaban J connectivity index is 1.86. The van der Waals surface area contributed by atoms with Gasteiger partial charge in [0.2, 0.25) is 0 Å². The Kier molecular flexibility index (Phi) is 3.31. The highest BCUT2D eigenvalue weighted by molar-refractivity contribution is 7.10. The summed E-state index contributed by atoms with van der Waals surface area (Å²) in [5.41, 5.74) is 2.52. The summed E-state index contributed by atoms with van der Waals surface area (Å²) in [7, 11) is 0. The number of aryl methyl sites for hydroxylation is 1. The van der Waals surface area contributed by atoms with Gasteiger partial charge in [0.05, 0.1) is 22.4 Å². The predicted octanol–water partition coefficient (Wildman–Crippen LogP) is 4.13. The van der Waals surface area contributed by atoms with E-state index in [-0.39, 0.29) is 0 Å². The van der Waals surface area contributed by atoms with Gasteiger partial charge < -0.3 is 9.52 Å². The summed E-state index contributed by atoms with van der Waals surface area (Å²) < 4.78 is 5.60. The van der Waals surface area contributed by atoms with Gasteiger partial charge in [-0.2, -0.15) is 0 Å². The van der Waals surface area contributed by atoms with Crippen LogP contribution < -0.4 is 0 Å². The molecule has 0 aliphatic carbocycles. The molecule has 1 aromatic carbocycles. The summed E-state index contributed by atoms with van der Waals surface area (Å²) in [6.07, 6.45) is -0.354. The third-order valence-electron chi connectivity index (χ3n) is 2.93. The van der Waals surface area contributed by atoms with Crippen molar-refractivity contribution in [2.75, 3.05) is 0 Å². The molecule has 0 saturated carbocycles. The number of para-hydroxylation sites is 2. The zero-order valence-corrected chi connectivity index (χ0v) is 11.8. The van der Waals surface area contributed by atoms with Crippen LogP contribution in [0.1, 0.15) is 22.4 Å². The summed E-state index contributed by atoms with van der Waals surface area (Å²) >= 11 is 7.61. The molecule has 0 spiro atoms. The highest BCUT2D eigenvalue weighted by atomic mass is 35.5. The number of hydrogen-bond donors (Lipinski definition) is 1. The van der Waals surface area contributed by atoms with Crippen molar-refractivity contribution >= 4 is 34.0 Å². The topological polar surface area (TPSA) is 46.3 Å². The molecule has 3 aromatic rings. The maximum Gasteiger partial charge on any atom is 0.198 e. The minimum atomic E-state index is -0.681. The van der Waals surface area contributed by atoms with E-state index < -0.39 is 6.10 Å². The van der Waals surface area contributed by atoms with Gasteiger partial charge >= 0.3 is 0 Å². The van der Waals surface area contributed by atoms with Gasteiger partial charge in [-0.3, -0.25) is 0 Å². The number of benzene rings is 1. The normalized spacial score (nSPS) is 13.0. The number of fused-ring (bicyclic) bond motifs is 1. The van der Waals surface area contributed by atoms with Gasteiger partial charge in [0.15, 0.2) is 11.5 Å². The van der Waals surface area contributed by atoms with E-state index in [1.807, 2.05) is 36.6 Å². The number of oxazole rings is 1. The fraction of sp³-hybridized carbons (Fsp3) is 0.214. The monoisotopic (exact) mass is 293 g/mol. The van der Waals surface area contributed by atoms with E-state index in [4.69, 9.17) is 16.0 Å². The maximum absolute atomic E-state index is 10.2. The summed E-state index contributed by atoms with van der Waals surface area (Å²) in [6.45, 7) is 1.93. The minimum absolute atomic E-state index is 0.328. The lowest BCUT2D eigenvalue weighted by Crippen LogP contribution is -2.00. The number of rotatable bonds is 3. The minimum Gasteiger partial charge on any atom is -0.441 e. The first-order valence-electron chi connectivity index (χ1n) is 5.91. The van der Waals surface area contributed by atoms with Crippen LogP contribution in [0, 0.1) is 6.92 Å². The molecule has 3 nitrogen and oxygen atoms in total. The maximum atomic E-state index is 10.2. The fourth-order valence-electron chi connectivity index (χ4n) is 1.94. The summed E-state index contributed by atoms with van der Waals surface area (Å²) in [5.74, 6) is 0.524. The summed E-state index contributed by atoms with van der Waals surface area (Å²) in [6, 6.07) is 7.55. The molecule has 2 heterocycles. The van der Waals surface area contributed by atoms with Gasteiger partial charge in [0.25, 0.3) is 0 Å². The first-order valence-corrected chi connectivity index (χ1v) is 7.17. The SMILES string of the molecule is Cc1csc(C(O)Cc2nc3ccccc3o2)c1Cl. The quantitative estimate of drug-likeness (QED) is 0.790. The fourth-order valence-corrected chi connectivity index (χ4v) is 3.25. The van der Waals surface area contributed by atoms with E-state index in [2.05, 4.69) is 4.98 Å². The Morgan fingerprint density at radius 2 is 2.21 bits per heavy atom. The van der Waals surface area contributed by atoms with Crippen LogP contribution in [0.25, 0.3) is 11.1 Å². The largest absolute Gasteiger partial charge is 0.441 e. The van der Waals surface area contributed by atoms with E-state index in [1.54, 1.807) is 0 Å². The van der Waals surface area contributed by atoms with Crippen LogP contribution in [0.3, 0.4) is 0 Å². The average molecular weight is 294 g/mol. The van der Waals surface area contributed by atoms with Crippen LogP contribution in [0.15, 0.2) is 34.1 Å². The van der Waals surface area contributed by atoms with Crippen molar-refractivity contribution in [3.05, 3.63) is 51.0 Å². The van der Waals surface area contributed by atoms with Gasteiger partial charge in [-0.1, -0.05) is 23.7 Å². The molecule has 98 valence electrons. The van der Waals surface area contributed by atoms with E-state index in [0.717, 1.165) is 21.5 Å². The summed E-state index contributed by atoms with van der Waals surface area (Å²) in [4.78, 5) is 5.11. The third-order valence-corrected chi connectivity index (χ3v) is 4.75. The molecule has 1 unspecified atom stereocenters. The molecule has 0 radical (unpaired) electrons. The molecular formula is C14H12ClNO2S. The Morgan fingerprint density at radius 1 is 1.42 bits per heavy atom. The molecule has 0 bridgehead atoms. The average Bonchev–Trinajstić information content (AvgIpc) is 2.93. The van der Waals surface area contributed by atoms with Crippen LogP contribution in [0.5, 0.6) is 0 Å². The van der Waals surface area contributed by atoms with Crippen molar-refractivity contribution in [1.29, 1.82) is 0 Å². The first-order chi connectivity index (χ1) is 9.15. The Bertz CT molecular complexity index is 686. The lowest BCUT2D eigenvalue weighted by molar-refractivity contribution is 0.173. The molecule has 0 amide bonds. The van der Waals surface area contributed by atoms with Crippen molar-refractivity contribution in [2.45, 2.75) is 19.4 Å². The van der Waals surface area contributed by atoms with E-state index in [0.29, 0.717) is 17.3 Å². The Morgan fingerprint density at radius 3 is 2.89 bits per heavy atom. The highest BCUT2D eigenvalue weighted by Crippen LogP contribution is 2.34. The number of aliphatic hydroxyl groups is 1. The molecule has 3 rings (SSSR count). The van der Waals surface area contributed by atoms with Crippen molar-refractivity contribution in [1.82, 2.24) is 4.98 Å². The lowest BCUT2D eigenvalue weighted by atomic mass is 10.2.